The second-order valence-corrected chi connectivity index (χ2v) is 8.70. The number of nitrogens with zero attached hydrogens (tertiary/aromatic N) is 1. The van der Waals surface area contributed by atoms with E-state index >= 15 is 0 Å². The molecule has 2 atom stereocenters. The van der Waals surface area contributed by atoms with Crippen molar-refractivity contribution < 1.29 is 0 Å². The highest BCUT2D eigenvalue weighted by atomic mass is 79.9. The third-order valence-corrected chi connectivity index (χ3v) is 5.50. The Balaban J connectivity index is 1.72. The largest absolute Gasteiger partial charge is 0.311 e. The van der Waals surface area contributed by atoms with Gasteiger partial charge in [0.05, 0.1) is 0 Å². The molecule has 1 aromatic rings. The van der Waals surface area contributed by atoms with Crippen LogP contribution in [0.15, 0.2) is 28.7 Å². The van der Waals surface area contributed by atoms with Gasteiger partial charge in [0.25, 0.3) is 0 Å². The van der Waals surface area contributed by atoms with Gasteiger partial charge in [-0.2, -0.15) is 0 Å². The van der Waals surface area contributed by atoms with Crippen LogP contribution in [0.2, 0.25) is 0 Å². The Morgan fingerprint density at radius 3 is 2.43 bits per heavy atom. The maximum Gasteiger partial charge on any atom is 0.0253 e. The van der Waals surface area contributed by atoms with Crippen molar-refractivity contribution in [3.8, 4) is 0 Å². The molecule has 1 aliphatic carbocycles. The molecule has 2 fully saturated rings. The van der Waals surface area contributed by atoms with Gasteiger partial charge < -0.3 is 5.32 Å². The molecule has 0 amide bonds. The zero-order valence-electron chi connectivity index (χ0n) is 13.4. The number of hydrogen-bond donors (Lipinski definition) is 1. The zero-order valence-corrected chi connectivity index (χ0v) is 15.0. The average molecular weight is 351 g/mol. The predicted octanol–water partition coefficient (Wildman–Crippen LogP) is 4.05. The Morgan fingerprint density at radius 2 is 1.86 bits per heavy atom. The van der Waals surface area contributed by atoms with Crippen molar-refractivity contribution in [2.24, 2.45) is 11.3 Å². The number of halogens is 1. The lowest BCUT2D eigenvalue weighted by molar-refractivity contribution is 0.0689. The Kier molecular flexibility index (Phi) is 4.45. The average Bonchev–Trinajstić information content (AvgIpc) is 3.25. The van der Waals surface area contributed by atoms with Crippen LogP contribution in [-0.2, 0) is 6.54 Å². The van der Waals surface area contributed by atoms with E-state index in [0.717, 1.165) is 29.5 Å². The number of hydrogen-bond acceptors (Lipinski definition) is 2. The maximum atomic E-state index is 3.81. The summed E-state index contributed by atoms with van der Waals surface area (Å²) in [4.78, 5) is 2.73. The third-order valence-electron chi connectivity index (χ3n) is 4.97. The summed E-state index contributed by atoms with van der Waals surface area (Å²) in [6, 6.07) is 10.1. The summed E-state index contributed by atoms with van der Waals surface area (Å²) in [6.07, 6.45) is 2.84. The van der Waals surface area contributed by atoms with E-state index in [-0.39, 0.29) is 0 Å². The fourth-order valence-corrected chi connectivity index (χ4v) is 3.62. The predicted molar refractivity (Wildman–Crippen MR) is 92.3 cm³/mol. The quantitative estimate of drug-likeness (QED) is 0.884. The van der Waals surface area contributed by atoms with Crippen LogP contribution < -0.4 is 5.32 Å². The minimum atomic E-state index is 0.326. The van der Waals surface area contributed by atoms with Gasteiger partial charge in [-0.05, 0) is 41.9 Å². The second kappa shape index (κ2) is 6.02. The van der Waals surface area contributed by atoms with Gasteiger partial charge >= 0.3 is 0 Å². The van der Waals surface area contributed by atoms with Gasteiger partial charge in [0.1, 0.15) is 0 Å². The molecule has 21 heavy (non-hydrogen) atoms. The first-order valence-electron chi connectivity index (χ1n) is 8.15. The molecule has 2 unspecified atom stereocenters. The molecule has 1 saturated carbocycles. The molecule has 0 spiro atoms. The van der Waals surface area contributed by atoms with Crippen molar-refractivity contribution in [2.75, 3.05) is 13.1 Å². The van der Waals surface area contributed by atoms with Crippen LogP contribution >= 0.6 is 15.9 Å². The van der Waals surface area contributed by atoms with Gasteiger partial charge in [-0.25, -0.2) is 0 Å². The van der Waals surface area contributed by atoms with Crippen LogP contribution in [-0.4, -0.2) is 30.1 Å². The lowest BCUT2D eigenvalue weighted by Gasteiger charge is -2.45. The molecule has 2 nitrogen and oxygen atoms in total. The van der Waals surface area contributed by atoms with Gasteiger partial charge in [0.2, 0.25) is 0 Å². The van der Waals surface area contributed by atoms with Crippen LogP contribution in [0.1, 0.15) is 39.2 Å². The first-order valence-corrected chi connectivity index (χ1v) is 8.94. The van der Waals surface area contributed by atoms with E-state index in [1.165, 1.54) is 24.9 Å². The Hall–Kier alpha value is -0.380. The minimum absolute atomic E-state index is 0.326. The van der Waals surface area contributed by atoms with E-state index in [0.29, 0.717) is 11.5 Å². The van der Waals surface area contributed by atoms with E-state index < -0.39 is 0 Å². The fraction of sp³-hybridized carbons (Fsp3) is 0.667. The van der Waals surface area contributed by atoms with Gasteiger partial charge in [-0.3, -0.25) is 4.90 Å². The molecule has 3 rings (SSSR count). The maximum absolute atomic E-state index is 3.81. The van der Waals surface area contributed by atoms with Gasteiger partial charge in [-0.15, -0.1) is 0 Å². The Morgan fingerprint density at radius 1 is 1.19 bits per heavy atom. The highest BCUT2D eigenvalue weighted by Gasteiger charge is 2.40. The van der Waals surface area contributed by atoms with Crippen molar-refractivity contribution >= 4 is 15.9 Å². The molecule has 0 aromatic heterocycles. The zero-order chi connectivity index (χ0) is 15.0. The first-order chi connectivity index (χ1) is 9.93. The van der Waals surface area contributed by atoms with Gasteiger partial charge in [-0.1, -0.05) is 48.8 Å². The number of rotatable bonds is 3. The summed E-state index contributed by atoms with van der Waals surface area (Å²) < 4.78 is 1.16. The normalized spacial score (nSPS) is 27.8. The molecule has 1 N–H and O–H groups in total. The molecule has 0 bridgehead atoms. The van der Waals surface area contributed by atoms with Crippen molar-refractivity contribution in [3.63, 3.8) is 0 Å². The summed E-state index contributed by atoms with van der Waals surface area (Å²) in [7, 11) is 0. The molecule has 1 aromatic carbocycles. The Bertz CT molecular complexity index is 473. The molecule has 1 aliphatic heterocycles. The second-order valence-electron chi connectivity index (χ2n) is 7.79. The van der Waals surface area contributed by atoms with E-state index in [9.17, 15) is 0 Å². The highest BCUT2D eigenvalue weighted by Crippen LogP contribution is 2.38. The molecule has 1 heterocycles. The van der Waals surface area contributed by atoms with Crippen LogP contribution in [0.3, 0.4) is 0 Å². The van der Waals surface area contributed by atoms with Crippen LogP contribution in [0.5, 0.6) is 0 Å². The molecular weight excluding hydrogens is 324 g/mol. The summed E-state index contributed by atoms with van der Waals surface area (Å²) in [6.45, 7) is 10.5. The fourth-order valence-electron chi connectivity index (χ4n) is 3.36. The Labute approximate surface area is 137 Å². The summed E-state index contributed by atoms with van der Waals surface area (Å²) in [5, 5.41) is 3.81. The lowest BCUT2D eigenvalue weighted by Crippen LogP contribution is -2.60. The monoisotopic (exact) mass is 350 g/mol. The lowest BCUT2D eigenvalue weighted by atomic mass is 9.84. The van der Waals surface area contributed by atoms with E-state index in [2.05, 4.69) is 71.2 Å². The van der Waals surface area contributed by atoms with Crippen LogP contribution in [0.25, 0.3) is 0 Å². The summed E-state index contributed by atoms with van der Waals surface area (Å²) >= 11 is 3.53. The first kappa shape index (κ1) is 15.5. The van der Waals surface area contributed by atoms with Crippen LogP contribution in [0.4, 0.5) is 0 Å². The summed E-state index contributed by atoms with van der Waals surface area (Å²) in [5.41, 5.74) is 1.75. The van der Waals surface area contributed by atoms with Gasteiger partial charge in [0.15, 0.2) is 0 Å². The van der Waals surface area contributed by atoms with Gasteiger partial charge in [0, 0.05) is 36.2 Å². The molecule has 2 aliphatic rings. The highest BCUT2D eigenvalue weighted by molar-refractivity contribution is 9.10. The SMILES string of the molecule is CC(C)(C)C1CN(Cc2ccc(Br)cc2)C(C2CC2)CN1. The number of piperazine rings is 1. The number of benzene rings is 1. The van der Waals surface area contributed by atoms with Crippen LogP contribution in [0, 0.1) is 11.3 Å². The van der Waals surface area contributed by atoms with Crippen molar-refractivity contribution in [1.82, 2.24) is 10.2 Å². The molecular formula is C18H27BrN2. The number of nitrogens with one attached hydrogen (secondary N) is 1. The minimum Gasteiger partial charge on any atom is -0.311 e. The molecule has 0 radical (unpaired) electrons. The summed E-state index contributed by atoms with van der Waals surface area (Å²) in [5.74, 6) is 0.925. The van der Waals surface area contributed by atoms with E-state index in [1.54, 1.807) is 0 Å². The third kappa shape index (κ3) is 3.88. The van der Waals surface area contributed by atoms with E-state index in [4.69, 9.17) is 0 Å². The van der Waals surface area contributed by atoms with Crippen molar-refractivity contribution in [2.45, 2.75) is 52.2 Å². The molecule has 116 valence electrons. The topological polar surface area (TPSA) is 15.3 Å². The molecule has 1 saturated heterocycles. The standard InChI is InChI=1S/C18H27BrN2/c1-18(2,3)17-12-21(16(10-20-17)14-6-7-14)11-13-4-8-15(19)9-5-13/h4-5,8-9,14,16-17,20H,6-7,10-12H2,1-3H3. The van der Waals surface area contributed by atoms with E-state index in [1.807, 2.05) is 0 Å². The van der Waals surface area contributed by atoms with Crippen molar-refractivity contribution in [3.05, 3.63) is 34.3 Å². The van der Waals surface area contributed by atoms with Crippen molar-refractivity contribution in [1.29, 1.82) is 0 Å². The molecule has 3 heteroatoms. The smallest absolute Gasteiger partial charge is 0.0253 e.